The molecule has 0 aliphatic rings. The van der Waals surface area contributed by atoms with Crippen LogP contribution in [0, 0.1) is 0 Å². The Labute approximate surface area is 137 Å². The third-order valence-electron chi connectivity index (χ3n) is 3.71. The van der Waals surface area contributed by atoms with Gasteiger partial charge < -0.3 is 5.32 Å². The Balaban J connectivity index is 1.99. The molecule has 0 radical (unpaired) electrons. The molecule has 118 valence electrons. The highest BCUT2D eigenvalue weighted by atomic mass is 32.1. The number of carbonyl (C=O) groups is 1. The second-order valence-corrected chi connectivity index (χ2v) is 6.29. The van der Waals surface area contributed by atoms with Crippen molar-refractivity contribution in [1.82, 2.24) is 4.90 Å². The average Bonchev–Trinajstić information content (AvgIpc) is 2.99. The molecule has 0 bridgehead atoms. The molecule has 4 heteroatoms. The summed E-state index contributed by atoms with van der Waals surface area (Å²) in [6, 6.07) is 8.34. The highest BCUT2D eigenvalue weighted by Gasteiger charge is 2.12. The average molecular weight is 316 g/mol. The Morgan fingerprint density at radius 2 is 1.86 bits per heavy atom. The monoisotopic (exact) mass is 316 g/mol. The maximum absolute atomic E-state index is 12.3. The summed E-state index contributed by atoms with van der Waals surface area (Å²) in [4.78, 5) is 14.4. The van der Waals surface area contributed by atoms with Gasteiger partial charge in [-0.15, -0.1) is 0 Å². The van der Waals surface area contributed by atoms with E-state index in [4.69, 9.17) is 0 Å². The van der Waals surface area contributed by atoms with Crippen molar-refractivity contribution in [2.24, 2.45) is 0 Å². The van der Waals surface area contributed by atoms with Crippen molar-refractivity contribution in [2.45, 2.75) is 33.2 Å². The minimum Gasteiger partial charge on any atom is -0.324 e. The van der Waals surface area contributed by atoms with Crippen molar-refractivity contribution >= 4 is 22.9 Å². The van der Waals surface area contributed by atoms with E-state index >= 15 is 0 Å². The molecule has 0 atom stereocenters. The standard InChI is InChI=1S/C18H24N2OS/c1-4-15-7-6-8-16(5-2)18(15)19-17(21)12-20(3)11-14-9-10-22-13-14/h6-10,13H,4-5,11-12H2,1-3H3,(H,19,21). The number of amides is 1. The summed E-state index contributed by atoms with van der Waals surface area (Å²) in [7, 11) is 1.98. The third-order valence-corrected chi connectivity index (χ3v) is 4.44. The lowest BCUT2D eigenvalue weighted by Crippen LogP contribution is -2.30. The van der Waals surface area contributed by atoms with Crippen molar-refractivity contribution in [3.05, 3.63) is 51.7 Å². The van der Waals surface area contributed by atoms with Gasteiger partial charge in [0.2, 0.25) is 5.91 Å². The number of rotatable bonds is 7. The molecule has 1 heterocycles. The fourth-order valence-electron chi connectivity index (χ4n) is 2.58. The number of aryl methyl sites for hydroxylation is 2. The molecule has 0 unspecified atom stereocenters. The SMILES string of the molecule is CCc1cccc(CC)c1NC(=O)CN(C)Cc1ccsc1. The van der Waals surface area contributed by atoms with E-state index < -0.39 is 0 Å². The second-order valence-electron chi connectivity index (χ2n) is 5.51. The van der Waals surface area contributed by atoms with Crippen LogP contribution in [-0.2, 0) is 24.2 Å². The zero-order valence-corrected chi connectivity index (χ0v) is 14.4. The molecule has 0 spiro atoms. The number of benzene rings is 1. The molecule has 1 amide bonds. The molecule has 0 saturated heterocycles. The zero-order valence-electron chi connectivity index (χ0n) is 13.6. The summed E-state index contributed by atoms with van der Waals surface area (Å²) in [5.74, 6) is 0.0494. The number of para-hydroxylation sites is 1. The van der Waals surface area contributed by atoms with Gasteiger partial charge >= 0.3 is 0 Å². The Morgan fingerprint density at radius 3 is 2.41 bits per heavy atom. The molecule has 0 saturated carbocycles. The molecular weight excluding hydrogens is 292 g/mol. The first-order valence-electron chi connectivity index (χ1n) is 7.74. The van der Waals surface area contributed by atoms with Gasteiger partial charge in [0, 0.05) is 12.2 Å². The van der Waals surface area contributed by atoms with Gasteiger partial charge in [0.15, 0.2) is 0 Å². The fraction of sp³-hybridized carbons (Fsp3) is 0.389. The normalized spacial score (nSPS) is 10.9. The van der Waals surface area contributed by atoms with E-state index in [2.05, 4.69) is 54.2 Å². The van der Waals surface area contributed by atoms with E-state index in [1.807, 2.05) is 11.9 Å². The van der Waals surface area contributed by atoms with Gasteiger partial charge in [-0.25, -0.2) is 0 Å². The highest BCUT2D eigenvalue weighted by Crippen LogP contribution is 2.22. The van der Waals surface area contributed by atoms with Gasteiger partial charge in [0.1, 0.15) is 0 Å². The molecule has 2 aromatic rings. The first kappa shape index (κ1) is 16.7. The van der Waals surface area contributed by atoms with Crippen molar-refractivity contribution < 1.29 is 4.79 Å². The molecule has 0 aliphatic carbocycles. The third kappa shape index (κ3) is 4.42. The van der Waals surface area contributed by atoms with Crippen LogP contribution in [0.25, 0.3) is 0 Å². The number of carbonyl (C=O) groups excluding carboxylic acids is 1. The molecule has 22 heavy (non-hydrogen) atoms. The molecule has 2 rings (SSSR count). The number of hydrogen-bond acceptors (Lipinski definition) is 3. The van der Waals surface area contributed by atoms with Crippen LogP contribution in [0.15, 0.2) is 35.0 Å². The highest BCUT2D eigenvalue weighted by molar-refractivity contribution is 7.07. The summed E-state index contributed by atoms with van der Waals surface area (Å²) in [5, 5.41) is 7.30. The molecule has 0 fully saturated rings. The molecule has 1 N–H and O–H groups in total. The summed E-state index contributed by atoms with van der Waals surface area (Å²) in [6.45, 7) is 5.43. The Morgan fingerprint density at radius 1 is 1.18 bits per heavy atom. The largest absolute Gasteiger partial charge is 0.324 e. The zero-order chi connectivity index (χ0) is 15.9. The lowest BCUT2D eigenvalue weighted by molar-refractivity contribution is -0.117. The molecule has 1 aromatic carbocycles. The van der Waals surface area contributed by atoms with Crippen LogP contribution in [0.1, 0.15) is 30.5 Å². The van der Waals surface area contributed by atoms with Crippen molar-refractivity contribution in [1.29, 1.82) is 0 Å². The van der Waals surface area contributed by atoms with E-state index in [9.17, 15) is 4.79 Å². The first-order valence-corrected chi connectivity index (χ1v) is 8.68. The van der Waals surface area contributed by atoms with Crippen LogP contribution >= 0.6 is 11.3 Å². The summed E-state index contributed by atoms with van der Waals surface area (Å²) >= 11 is 1.69. The van der Waals surface area contributed by atoms with Crippen molar-refractivity contribution in [2.75, 3.05) is 18.9 Å². The van der Waals surface area contributed by atoms with Crippen LogP contribution < -0.4 is 5.32 Å². The number of hydrogen-bond donors (Lipinski definition) is 1. The first-order chi connectivity index (χ1) is 10.6. The van der Waals surface area contributed by atoms with Gasteiger partial charge in [-0.3, -0.25) is 9.69 Å². The van der Waals surface area contributed by atoms with Crippen molar-refractivity contribution in [3.8, 4) is 0 Å². The van der Waals surface area contributed by atoms with Crippen LogP contribution in [0.5, 0.6) is 0 Å². The summed E-state index contributed by atoms with van der Waals surface area (Å²) in [6.07, 6.45) is 1.85. The Bertz CT molecular complexity index is 585. The molecule has 3 nitrogen and oxygen atoms in total. The lowest BCUT2D eigenvalue weighted by Gasteiger charge is -2.18. The molecule has 0 aliphatic heterocycles. The number of likely N-dealkylation sites (N-methyl/N-ethyl adjacent to an activating group) is 1. The van der Waals surface area contributed by atoms with Crippen LogP contribution in [0.4, 0.5) is 5.69 Å². The van der Waals surface area contributed by atoms with Gasteiger partial charge in [0.25, 0.3) is 0 Å². The second kappa shape index (κ2) is 8.11. The number of anilines is 1. The lowest BCUT2D eigenvalue weighted by atomic mass is 10.0. The van der Waals surface area contributed by atoms with E-state index in [1.165, 1.54) is 16.7 Å². The van der Waals surface area contributed by atoms with Crippen LogP contribution in [0.2, 0.25) is 0 Å². The quantitative estimate of drug-likeness (QED) is 0.839. The van der Waals surface area contributed by atoms with Gasteiger partial charge in [-0.1, -0.05) is 32.0 Å². The Kier molecular flexibility index (Phi) is 6.16. The van der Waals surface area contributed by atoms with Crippen LogP contribution in [-0.4, -0.2) is 24.4 Å². The smallest absolute Gasteiger partial charge is 0.238 e. The minimum absolute atomic E-state index is 0.0494. The number of nitrogens with one attached hydrogen (secondary N) is 1. The van der Waals surface area contributed by atoms with Gasteiger partial charge in [-0.05, 0) is 53.4 Å². The maximum atomic E-state index is 12.3. The van der Waals surface area contributed by atoms with E-state index in [-0.39, 0.29) is 5.91 Å². The van der Waals surface area contributed by atoms with E-state index in [0.717, 1.165) is 25.1 Å². The minimum atomic E-state index is 0.0494. The fourth-order valence-corrected chi connectivity index (χ4v) is 3.24. The molecular formula is C18H24N2OS. The van der Waals surface area contributed by atoms with Gasteiger partial charge in [-0.2, -0.15) is 11.3 Å². The number of nitrogens with zero attached hydrogens (tertiary/aromatic N) is 1. The molecule has 1 aromatic heterocycles. The maximum Gasteiger partial charge on any atom is 0.238 e. The van der Waals surface area contributed by atoms with E-state index in [1.54, 1.807) is 11.3 Å². The predicted octanol–water partition coefficient (Wildman–Crippen LogP) is 3.94. The summed E-state index contributed by atoms with van der Waals surface area (Å²) in [5.41, 5.74) is 4.66. The van der Waals surface area contributed by atoms with Crippen molar-refractivity contribution in [3.63, 3.8) is 0 Å². The topological polar surface area (TPSA) is 32.3 Å². The summed E-state index contributed by atoms with van der Waals surface area (Å²) < 4.78 is 0. The number of thiophene rings is 1. The van der Waals surface area contributed by atoms with Crippen LogP contribution in [0.3, 0.4) is 0 Å². The predicted molar refractivity (Wildman–Crippen MR) is 94.5 cm³/mol. The van der Waals surface area contributed by atoms with Gasteiger partial charge in [0.05, 0.1) is 6.54 Å². The van der Waals surface area contributed by atoms with E-state index in [0.29, 0.717) is 6.54 Å². The Hall–Kier alpha value is -1.65.